The van der Waals surface area contributed by atoms with Gasteiger partial charge in [0.2, 0.25) is 0 Å². The average Bonchev–Trinajstić information content (AvgIpc) is 2.58. The average molecular weight is 285 g/mol. The third-order valence-electron chi connectivity index (χ3n) is 5.11. The van der Waals surface area contributed by atoms with E-state index in [0.29, 0.717) is 24.3 Å². The smallest absolute Gasteiger partial charge is 0.0991 e. The minimum absolute atomic E-state index is 0.0255. The van der Waals surface area contributed by atoms with Gasteiger partial charge in [0, 0.05) is 5.48 Å². The predicted octanol–water partition coefficient (Wildman–Crippen LogP) is 5.66. The lowest BCUT2D eigenvalue weighted by Crippen LogP contribution is -2.30. The number of nitriles is 1. The molecule has 0 aliphatic heterocycles. The Balaban J connectivity index is 1.80. The first-order valence-electron chi connectivity index (χ1n) is 10.3. The second-order valence-corrected chi connectivity index (χ2v) is 6.53. The Morgan fingerprint density at radius 1 is 1.19 bits per heavy atom. The number of hydrogen-bond donors (Lipinski definition) is 0. The quantitative estimate of drug-likeness (QED) is 0.703. The van der Waals surface area contributed by atoms with Crippen molar-refractivity contribution in [1.82, 2.24) is 0 Å². The Labute approximate surface area is 135 Å². The number of fused-ring (bicyclic) bond motifs is 1. The molecule has 0 bridgehead atoms. The minimum atomic E-state index is -1.42. The number of benzene rings is 1. The van der Waals surface area contributed by atoms with Gasteiger partial charge in [0.25, 0.3) is 0 Å². The second-order valence-electron chi connectivity index (χ2n) is 6.53. The van der Waals surface area contributed by atoms with Gasteiger partial charge in [-0.25, -0.2) is 0 Å². The summed E-state index contributed by atoms with van der Waals surface area (Å²) < 4.78 is 34.3. The molecule has 0 aromatic heterocycles. The molecule has 2 saturated carbocycles. The summed E-state index contributed by atoms with van der Waals surface area (Å²) in [6, 6.07) is 9.85. The van der Waals surface area contributed by atoms with Crippen LogP contribution in [-0.2, 0) is 0 Å². The lowest BCUT2D eigenvalue weighted by Gasteiger charge is -2.42. The van der Waals surface area contributed by atoms with Crippen LogP contribution >= 0.6 is 0 Å². The molecular weight excluding hydrogens is 254 g/mol. The zero-order valence-corrected chi connectivity index (χ0v) is 12.8. The van der Waals surface area contributed by atoms with Gasteiger partial charge in [-0.05, 0) is 73.4 Å². The van der Waals surface area contributed by atoms with Crippen LogP contribution in [0.25, 0.3) is 0 Å². The summed E-state index contributed by atoms with van der Waals surface area (Å²) in [5.74, 6) is -0.0592. The molecule has 1 heteroatoms. The molecule has 2 fully saturated rings. The van der Waals surface area contributed by atoms with E-state index in [0.717, 1.165) is 25.7 Å². The van der Waals surface area contributed by atoms with E-state index in [-0.39, 0.29) is 11.8 Å². The van der Waals surface area contributed by atoms with Crippen LogP contribution < -0.4 is 0 Å². The zero-order chi connectivity index (χ0) is 18.2. The topological polar surface area (TPSA) is 23.8 Å². The molecule has 4 atom stereocenters. The highest BCUT2D eigenvalue weighted by molar-refractivity contribution is 5.33. The van der Waals surface area contributed by atoms with Crippen molar-refractivity contribution in [2.45, 2.75) is 64.1 Å². The summed E-state index contributed by atoms with van der Waals surface area (Å²) in [5, 5.41) is 8.94. The van der Waals surface area contributed by atoms with Gasteiger partial charge in [-0.15, -0.1) is 0 Å². The highest BCUT2D eigenvalue weighted by Crippen LogP contribution is 2.48. The molecule has 2 aliphatic carbocycles. The van der Waals surface area contributed by atoms with Crippen molar-refractivity contribution in [1.29, 1.82) is 5.26 Å². The maximum Gasteiger partial charge on any atom is 0.0991 e. The lowest BCUT2D eigenvalue weighted by molar-refractivity contribution is 0.114. The van der Waals surface area contributed by atoms with Gasteiger partial charge in [-0.2, -0.15) is 5.26 Å². The van der Waals surface area contributed by atoms with Crippen LogP contribution in [0.3, 0.4) is 0 Å². The molecule has 0 saturated heterocycles. The third kappa shape index (κ3) is 3.31. The van der Waals surface area contributed by atoms with E-state index < -0.39 is 18.7 Å². The summed E-state index contributed by atoms with van der Waals surface area (Å²) in [6.45, 7) is 2.01. The molecule has 0 spiro atoms. The number of hydrogen-bond acceptors (Lipinski definition) is 1. The maximum absolute atomic E-state index is 8.94. The van der Waals surface area contributed by atoms with Crippen LogP contribution in [0, 0.1) is 29.1 Å². The summed E-state index contributed by atoms with van der Waals surface area (Å²) in [5.41, 5.74) is 1.86. The summed E-state index contributed by atoms with van der Waals surface area (Å²) in [4.78, 5) is 0. The Bertz CT molecular complexity index is 647. The summed E-state index contributed by atoms with van der Waals surface area (Å²) in [7, 11) is 0. The Kier molecular flexibility index (Phi) is 3.30. The van der Waals surface area contributed by atoms with Crippen molar-refractivity contribution in [2.24, 2.45) is 17.8 Å². The van der Waals surface area contributed by atoms with Crippen LogP contribution in [0.15, 0.2) is 24.3 Å². The maximum atomic E-state index is 8.94. The highest BCUT2D eigenvalue weighted by Gasteiger charge is 2.35. The van der Waals surface area contributed by atoms with Crippen LogP contribution in [0.1, 0.15) is 80.7 Å². The Morgan fingerprint density at radius 3 is 2.71 bits per heavy atom. The molecule has 0 amide bonds. The fourth-order valence-electron chi connectivity index (χ4n) is 3.93. The molecule has 1 aromatic rings. The van der Waals surface area contributed by atoms with Gasteiger partial charge in [0.05, 0.1) is 11.6 Å². The monoisotopic (exact) mass is 285 g/mol. The molecule has 1 aromatic carbocycles. The highest BCUT2D eigenvalue weighted by atomic mass is 14.4. The molecule has 0 heterocycles. The zero-order valence-electron chi connectivity index (χ0n) is 16.8. The standard InChI is InChI=1S/C20H27N/c1-2-3-15-4-9-20-13-19(11-10-18(20)12-15)17-7-5-16(14-21)6-8-17/h5-8,15,18-20H,2-4,9-13H2,1H3/i4D2,12D2. The summed E-state index contributed by atoms with van der Waals surface area (Å²) >= 11 is 0. The first-order valence-corrected chi connectivity index (χ1v) is 8.29. The van der Waals surface area contributed by atoms with E-state index in [9.17, 15) is 0 Å². The lowest BCUT2D eigenvalue weighted by atomic mass is 9.63. The van der Waals surface area contributed by atoms with Crippen LogP contribution in [0.4, 0.5) is 0 Å². The fraction of sp³-hybridized carbons (Fsp3) is 0.650. The van der Waals surface area contributed by atoms with Gasteiger partial charge >= 0.3 is 0 Å². The van der Waals surface area contributed by atoms with Gasteiger partial charge in [-0.3, -0.25) is 0 Å². The molecule has 4 unspecified atom stereocenters. The molecule has 3 rings (SSSR count). The fourth-order valence-corrected chi connectivity index (χ4v) is 3.93. The SMILES string of the molecule is [2H]C1([2H])CC2CC(c3ccc(C#N)cc3)CCC2C([2H])([2H])C1CCC. The van der Waals surface area contributed by atoms with Gasteiger partial charge in [-0.1, -0.05) is 38.3 Å². The van der Waals surface area contributed by atoms with E-state index in [2.05, 4.69) is 6.07 Å². The van der Waals surface area contributed by atoms with E-state index in [4.69, 9.17) is 10.7 Å². The van der Waals surface area contributed by atoms with Crippen LogP contribution in [0.2, 0.25) is 0 Å². The molecule has 112 valence electrons. The van der Waals surface area contributed by atoms with Crippen molar-refractivity contribution in [2.75, 3.05) is 0 Å². The molecular formula is C20H27N. The number of nitrogens with zero attached hydrogens (tertiary/aromatic N) is 1. The summed E-state index contributed by atoms with van der Waals surface area (Å²) in [6.07, 6.45) is 1.73. The van der Waals surface area contributed by atoms with Gasteiger partial charge < -0.3 is 0 Å². The van der Waals surface area contributed by atoms with Gasteiger partial charge in [0.15, 0.2) is 0 Å². The first kappa shape index (κ1) is 10.4. The van der Waals surface area contributed by atoms with Crippen LogP contribution in [-0.4, -0.2) is 0 Å². The normalized spacial score (nSPS) is 39.8. The Morgan fingerprint density at radius 2 is 2.00 bits per heavy atom. The van der Waals surface area contributed by atoms with E-state index in [1.807, 2.05) is 31.2 Å². The molecule has 2 aliphatic rings. The minimum Gasteiger partial charge on any atom is -0.192 e. The van der Waals surface area contributed by atoms with Crippen molar-refractivity contribution in [3.05, 3.63) is 35.4 Å². The van der Waals surface area contributed by atoms with E-state index in [1.54, 1.807) is 0 Å². The van der Waals surface area contributed by atoms with E-state index >= 15 is 0 Å². The van der Waals surface area contributed by atoms with Crippen molar-refractivity contribution >= 4 is 0 Å². The second kappa shape index (κ2) is 6.65. The van der Waals surface area contributed by atoms with Crippen molar-refractivity contribution in [3.63, 3.8) is 0 Å². The van der Waals surface area contributed by atoms with Crippen molar-refractivity contribution < 1.29 is 5.48 Å². The molecule has 0 N–H and O–H groups in total. The van der Waals surface area contributed by atoms with E-state index in [1.165, 1.54) is 5.56 Å². The predicted molar refractivity (Wildman–Crippen MR) is 87.0 cm³/mol. The molecule has 21 heavy (non-hydrogen) atoms. The van der Waals surface area contributed by atoms with Crippen LogP contribution in [0.5, 0.6) is 0 Å². The van der Waals surface area contributed by atoms with Gasteiger partial charge in [0.1, 0.15) is 0 Å². The third-order valence-corrected chi connectivity index (χ3v) is 5.11. The van der Waals surface area contributed by atoms with Crippen molar-refractivity contribution in [3.8, 4) is 6.07 Å². The largest absolute Gasteiger partial charge is 0.192 e. The molecule has 1 nitrogen and oxygen atoms in total. The number of rotatable bonds is 3. The molecule has 0 radical (unpaired) electrons. The first-order chi connectivity index (χ1) is 11.8. The Hall–Kier alpha value is -1.29.